The van der Waals surface area contributed by atoms with E-state index in [0.717, 1.165) is 4.47 Å². The van der Waals surface area contributed by atoms with Gasteiger partial charge in [0.2, 0.25) is 0 Å². The Morgan fingerprint density at radius 3 is 2.70 bits per heavy atom. The third kappa shape index (κ3) is 1.64. The van der Waals surface area contributed by atoms with Crippen LogP contribution in [0.2, 0.25) is 0 Å². The number of pyridine rings is 1. The zero-order valence-corrected chi connectivity index (χ0v) is 6.76. The quantitative estimate of drug-likeness (QED) is 0.646. The summed E-state index contributed by atoms with van der Waals surface area (Å²) in [6, 6.07) is 1.68. The third-order valence-corrected chi connectivity index (χ3v) is 1.46. The van der Waals surface area contributed by atoms with Crippen LogP contribution in [0.5, 0.6) is 0 Å². The Hall–Kier alpha value is -0.700. The Labute approximate surface area is 67.4 Å². The number of nitrogens with zero attached hydrogens (tertiary/aromatic N) is 1. The van der Waals surface area contributed by atoms with Crippen molar-refractivity contribution in [2.24, 2.45) is 0 Å². The van der Waals surface area contributed by atoms with Gasteiger partial charge in [-0.3, -0.25) is 9.78 Å². The highest BCUT2D eigenvalue weighted by atomic mass is 79.9. The van der Waals surface area contributed by atoms with Crippen LogP contribution in [0.4, 0.5) is 0 Å². The number of Topliss-reactive ketones (excluding diaryl/α,β-unsaturated/α-hetero) is 1. The zero-order valence-electron chi connectivity index (χ0n) is 5.17. The predicted molar refractivity (Wildman–Crippen MR) is 41.6 cm³/mol. The molecular weight excluding hydrogens is 194 g/mol. The number of hydrogen-bond donors (Lipinski definition) is 0. The van der Waals surface area contributed by atoms with Crippen LogP contribution in [0.1, 0.15) is 10.4 Å². The summed E-state index contributed by atoms with van der Waals surface area (Å²) in [7, 11) is 0. The lowest BCUT2D eigenvalue weighted by molar-refractivity contribution is 0.104. The second kappa shape index (κ2) is 2.92. The van der Waals surface area contributed by atoms with Crippen LogP contribution in [-0.2, 0) is 0 Å². The SMILES string of the molecule is [CH2]C(=O)c1cncc(Br)c1. The van der Waals surface area contributed by atoms with Crippen molar-refractivity contribution in [2.45, 2.75) is 0 Å². The smallest absolute Gasteiger partial charge is 0.164 e. The van der Waals surface area contributed by atoms with Crippen LogP contribution in [-0.4, -0.2) is 10.8 Å². The van der Waals surface area contributed by atoms with E-state index in [4.69, 9.17) is 0 Å². The van der Waals surface area contributed by atoms with Gasteiger partial charge in [0.15, 0.2) is 5.78 Å². The minimum atomic E-state index is -0.214. The van der Waals surface area contributed by atoms with Gasteiger partial charge in [-0.2, -0.15) is 0 Å². The summed E-state index contributed by atoms with van der Waals surface area (Å²) < 4.78 is 0.794. The summed E-state index contributed by atoms with van der Waals surface area (Å²) in [5, 5.41) is 0. The van der Waals surface area contributed by atoms with Crippen LogP contribution in [0, 0.1) is 6.92 Å². The summed E-state index contributed by atoms with van der Waals surface area (Å²) in [5.74, 6) is -0.214. The molecule has 10 heavy (non-hydrogen) atoms. The number of halogens is 1. The summed E-state index contributed by atoms with van der Waals surface area (Å²) in [5.41, 5.74) is 0.523. The maximum absolute atomic E-state index is 10.6. The largest absolute Gasteiger partial charge is 0.294 e. The molecule has 2 nitrogen and oxygen atoms in total. The molecule has 1 rings (SSSR count). The van der Waals surface area contributed by atoms with Gasteiger partial charge in [-0.15, -0.1) is 0 Å². The molecule has 0 aliphatic carbocycles. The minimum Gasteiger partial charge on any atom is -0.294 e. The van der Waals surface area contributed by atoms with Crippen molar-refractivity contribution < 1.29 is 4.79 Å². The van der Waals surface area contributed by atoms with Crippen molar-refractivity contribution >= 4 is 21.7 Å². The number of carbonyl (C=O) groups excluding carboxylic acids is 1. The number of carbonyl (C=O) groups is 1. The Morgan fingerprint density at radius 1 is 1.60 bits per heavy atom. The van der Waals surface area contributed by atoms with Crippen molar-refractivity contribution in [3.05, 3.63) is 35.4 Å². The van der Waals surface area contributed by atoms with Crippen LogP contribution >= 0.6 is 15.9 Å². The van der Waals surface area contributed by atoms with Crippen molar-refractivity contribution in [3.63, 3.8) is 0 Å². The van der Waals surface area contributed by atoms with Crippen LogP contribution in [0.3, 0.4) is 0 Å². The fraction of sp³-hybridized carbons (Fsp3) is 0. The van der Waals surface area contributed by atoms with E-state index in [1.165, 1.54) is 6.20 Å². The van der Waals surface area contributed by atoms with E-state index in [0.29, 0.717) is 5.56 Å². The molecule has 0 spiro atoms. The normalized spacial score (nSPS) is 9.40. The van der Waals surface area contributed by atoms with Crippen molar-refractivity contribution in [1.29, 1.82) is 0 Å². The van der Waals surface area contributed by atoms with E-state index in [9.17, 15) is 4.79 Å². The van der Waals surface area contributed by atoms with Gasteiger partial charge in [-0.25, -0.2) is 0 Å². The molecule has 0 saturated heterocycles. The van der Waals surface area contributed by atoms with Gasteiger partial charge in [-0.1, -0.05) is 0 Å². The second-order valence-electron chi connectivity index (χ2n) is 1.82. The molecule has 1 radical (unpaired) electrons. The standard InChI is InChI=1S/C7H5BrNO/c1-5(10)6-2-7(8)4-9-3-6/h2-4H,1H2. The first-order valence-electron chi connectivity index (χ1n) is 2.67. The molecule has 0 aliphatic rings. The molecule has 1 aromatic heterocycles. The van der Waals surface area contributed by atoms with E-state index < -0.39 is 0 Å². The maximum atomic E-state index is 10.6. The first-order chi connectivity index (χ1) is 4.70. The molecule has 0 N–H and O–H groups in total. The number of ketones is 1. The molecule has 0 aliphatic heterocycles. The fourth-order valence-corrected chi connectivity index (χ4v) is 0.929. The summed E-state index contributed by atoms with van der Waals surface area (Å²) >= 11 is 3.19. The number of rotatable bonds is 1. The predicted octanol–water partition coefficient (Wildman–Crippen LogP) is 1.86. The van der Waals surface area contributed by atoms with E-state index in [1.54, 1.807) is 12.3 Å². The van der Waals surface area contributed by atoms with Gasteiger partial charge in [0.1, 0.15) is 0 Å². The lowest BCUT2D eigenvalue weighted by atomic mass is 10.2. The highest BCUT2D eigenvalue weighted by Crippen LogP contribution is 2.09. The highest BCUT2D eigenvalue weighted by molar-refractivity contribution is 9.10. The topological polar surface area (TPSA) is 30.0 Å². The number of hydrogen-bond acceptors (Lipinski definition) is 2. The lowest BCUT2D eigenvalue weighted by Crippen LogP contribution is -1.92. The van der Waals surface area contributed by atoms with Crippen molar-refractivity contribution in [2.75, 3.05) is 0 Å². The van der Waals surface area contributed by atoms with Gasteiger partial charge in [0.05, 0.1) is 0 Å². The third-order valence-electron chi connectivity index (χ3n) is 1.03. The van der Waals surface area contributed by atoms with E-state index in [2.05, 4.69) is 27.8 Å². The average Bonchev–Trinajstić information content (AvgIpc) is 1.88. The summed E-state index contributed by atoms with van der Waals surface area (Å²) in [4.78, 5) is 14.4. The minimum absolute atomic E-state index is 0.214. The van der Waals surface area contributed by atoms with Crippen LogP contribution in [0.25, 0.3) is 0 Å². The summed E-state index contributed by atoms with van der Waals surface area (Å²) in [6.07, 6.45) is 3.10. The molecule has 0 unspecified atom stereocenters. The molecule has 51 valence electrons. The molecular formula is C7H5BrNO. The monoisotopic (exact) mass is 198 g/mol. The average molecular weight is 199 g/mol. The molecule has 3 heteroatoms. The first-order valence-corrected chi connectivity index (χ1v) is 3.46. The van der Waals surface area contributed by atoms with Gasteiger partial charge >= 0.3 is 0 Å². The van der Waals surface area contributed by atoms with E-state index >= 15 is 0 Å². The Morgan fingerprint density at radius 2 is 2.30 bits per heavy atom. The van der Waals surface area contributed by atoms with Crippen LogP contribution < -0.4 is 0 Å². The Balaban J connectivity index is 3.07. The van der Waals surface area contributed by atoms with Crippen molar-refractivity contribution in [1.82, 2.24) is 4.98 Å². The fourth-order valence-electron chi connectivity index (χ4n) is 0.564. The Kier molecular flexibility index (Phi) is 2.17. The first kappa shape index (κ1) is 7.41. The second-order valence-corrected chi connectivity index (χ2v) is 2.73. The molecule has 0 amide bonds. The van der Waals surface area contributed by atoms with Gasteiger partial charge in [0.25, 0.3) is 0 Å². The molecule has 0 fully saturated rings. The lowest BCUT2D eigenvalue weighted by Gasteiger charge is -1.92. The van der Waals surface area contributed by atoms with E-state index in [1.807, 2.05) is 0 Å². The molecule has 0 bridgehead atoms. The van der Waals surface area contributed by atoms with Crippen LogP contribution in [0.15, 0.2) is 22.9 Å². The molecule has 0 atom stereocenters. The van der Waals surface area contributed by atoms with Gasteiger partial charge in [-0.05, 0) is 22.0 Å². The molecule has 0 saturated carbocycles. The van der Waals surface area contributed by atoms with Gasteiger partial charge in [0, 0.05) is 29.4 Å². The van der Waals surface area contributed by atoms with Gasteiger partial charge < -0.3 is 0 Å². The zero-order chi connectivity index (χ0) is 7.56. The summed E-state index contributed by atoms with van der Waals surface area (Å²) in [6.45, 7) is 3.25. The van der Waals surface area contributed by atoms with Crippen molar-refractivity contribution in [3.8, 4) is 0 Å². The number of aromatic nitrogens is 1. The highest BCUT2D eigenvalue weighted by Gasteiger charge is 1.98. The molecule has 0 aromatic carbocycles. The molecule has 1 heterocycles. The Bertz CT molecular complexity index is 260. The van der Waals surface area contributed by atoms with E-state index in [-0.39, 0.29) is 5.78 Å². The maximum Gasteiger partial charge on any atom is 0.164 e. The molecule has 1 aromatic rings.